The van der Waals surface area contributed by atoms with Gasteiger partial charge in [-0.3, -0.25) is 9.59 Å². The summed E-state index contributed by atoms with van der Waals surface area (Å²) in [6.45, 7) is 2.67. The number of nitrogens with zero attached hydrogens (tertiary/aromatic N) is 2. The van der Waals surface area contributed by atoms with Gasteiger partial charge in [-0.2, -0.15) is 0 Å². The Hall–Kier alpha value is -1.79. The molecule has 1 aliphatic rings. The zero-order chi connectivity index (χ0) is 15.3. The summed E-state index contributed by atoms with van der Waals surface area (Å²) in [4.78, 5) is 37.5. The number of rotatable bonds is 4. The highest BCUT2D eigenvalue weighted by atomic mass is 16.4. The first kappa shape index (κ1) is 16.3. The Labute approximate surface area is 118 Å². The summed E-state index contributed by atoms with van der Waals surface area (Å²) in [6, 6.07) is -0.889. The number of piperidine rings is 1. The van der Waals surface area contributed by atoms with Crippen molar-refractivity contribution in [1.29, 1.82) is 0 Å². The fourth-order valence-electron chi connectivity index (χ4n) is 2.39. The third-order valence-corrected chi connectivity index (χ3v) is 3.42. The minimum Gasteiger partial charge on any atom is -0.481 e. The van der Waals surface area contributed by atoms with E-state index in [1.807, 2.05) is 0 Å². The average Bonchev–Trinajstić information content (AvgIpc) is 2.37. The molecule has 1 rings (SSSR count). The normalized spacial score (nSPS) is 20.1. The lowest BCUT2D eigenvalue weighted by atomic mass is 9.95. The molecule has 2 unspecified atom stereocenters. The molecule has 0 radical (unpaired) electrons. The van der Waals surface area contributed by atoms with Crippen LogP contribution in [-0.4, -0.2) is 66.0 Å². The van der Waals surface area contributed by atoms with Gasteiger partial charge in [0.05, 0.1) is 0 Å². The molecule has 114 valence electrons. The molecule has 3 amide bonds. The fourth-order valence-corrected chi connectivity index (χ4v) is 2.39. The van der Waals surface area contributed by atoms with E-state index in [1.165, 1.54) is 4.90 Å². The zero-order valence-corrected chi connectivity index (χ0v) is 12.3. The van der Waals surface area contributed by atoms with Crippen LogP contribution < -0.4 is 5.32 Å². The summed E-state index contributed by atoms with van der Waals surface area (Å²) in [5.41, 5.74) is 0. The zero-order valence-electron chi connectivity index (χ0n) is 12.3. The van der Waals surface area contributed by atoms with Crippen LogP contribution in [0.2, 0.25) is 0 Å². The lowest BCUT2D eigenvalue weighted by molar-refractivity contribution is -0.138. The van der Waals surface area contributed by atoms with Crippen molar-refractivity contribution in [2.45, 2.75) is 32.2 Å². The lowest BCUT2D eigenvalue weighted by Crippen LogP contribution is -2.52. The second-order valence-electron chi connectivity index (χ2n) is 5.46. The van der Waals surface area contributed by atoms with E-state index in [2.05, 4.69) is 5.32 Å². The number of amides is 3. The van der Waals surface area contributed by atoms with Gasteiger partial charge in [0.2, 0.25) is 5.91 Å². The van der Waals surface area contributed by atoms with Crippen molar-refractivity contribution in [1.82, 2.24) is 15.1 Å². The van der Waals surface area contributed by atoms with Crippen molar-refractivity contribution in [2.75, 3.05) is 27.2 Å². The molecule has 2 N–H and O–H groups in total. The second-order valence-corrected chi connectivity index (χ2v) is 5.46. The Morgan fingerprint density at radius 2 is 2.05 bits per heavy atom. The summed E-state index contributed by atoms with van der Waals surface area (Å²) in [5.74, 6) is -1.02. The molecule has 7 nitrogen and oxygen atoms in total. The van der Waals surface area contributed by atoms with Gasteiger partial charge >= 0.3 is 12.0 Å². The van der Waals surface area contributed by atoms with E-state index in [1.54, 1.807) is 25.9 Å². The van der Waals surface area contributed by atoms with Crippen molar-refractivity contribution in [3.05, 3.63) is 0 Å². The highest BCUT2D eigenvalue weighted by molar-refractivity contribution is 5.86. The van der Waals surface area contributed by atoms with E-state index in [9.17, 15) is 14.4 Å². The van der Waals surface area contributed by atoms with Crippen LogP contribution in [0.1, 0.15) is 26.2 Å². The predicted molar refractivity (Wildman–Crippen MR) is 73.2 cm³/mol. The van der Waals surface area contributed by atoms with Crippen LogP contribution in [0.5, 0.6) is 0 Å². The van der Waals surface area contributed by atoms with E-state index in [4.69, 9.17) is 5.11 Å². The lowest BCUT2D eigenvalue weighted by Gasteiger charge is -2.33. The molecular weight excluding hydrogens is 262 g/mol. The third-order valence-electron chi connectivity index (χ3n) is 3.42. The molecule has 0 spiro atoms. The molecule has 0 saturated carbocycles. The highest BCUT2D eigenvalue weighted by Gasteiger charge is 2.27. The van der Waals surface area contributed by atoms with Gasteiger partial charge in [0.25, 0.3) is 0 Å². The number of aliphatic carboxylic acids is 1. The van der Waals surface area contributed by atoms with E-state index in [0.29, 0.717) is 13.1 Å². The number of carbonyl (C=O) groups is 3. The van der Waals surface area contributed by atoms with Crippen molar-refractivity contribution < 1.29 is 19.5 Å². The van der Waals surface area contributed by atoms with E-state index >= 15 is 0 Å². The summed E-state index contributed by atoms with van der Waals surface area (Å²) in [7, 11) is 3.27. The van der Waals surface area contributed by atoms with Crippen LogP contribution in [-0.2, 0) is 9.59 Å². The molecule has 20 heavy (non-hydrogen) atoms. The minimum absolute atomic E-state index is 0.00754. The molecule has 0 aliphatic carbocycles. The Kier molecular flexibility index (Phi) is 5.79. The molecule has 1 aliphatic heterocycles. The number of nitrogens with one attached hydrogen (secondary N) is 1. The summed E-state index contributed by atoms with van der Waals surface area (Å²) in [6.07, 6.45) is 1.69. The van der Waals surface area contributed by atoms with Gasteiger partial charge in [0.1, 0.15) is 6.04 Å². The summed E-state index contributed by atoms with van der Waals surface area (Å²) in [5, 5.41) is 11.5. The minimum atomic E-state index is -0.839. The molecule has 7 heteroatoms. The van der Waals surface area contributed by atoms with Gasteiger partial charge in [-0.25, -0.2) is 4.79 Å². The summed E-state index contributed by atoms with van der Waals surface area (Å²) < 4.78 is 0. The van der Waals surface area contributed by atoms with E-state index < -0.39 is 12.0 Å². The Balaban J connectivity index is 2.50. The standard InChI is InChI=1S/C13H23N3O4/c1-9(12(19)15(2)3)14-13(20)16-6-4-5-10(8-16)7-11(17)18/h9-10H,4-8H2,1-3H3,(H,14,20)(H,17,18). The molecule has 1 saturated heterocycles. The topological polar surface area (TPSA) is 90.0 Å². The van der Waals surface area contributed by atoms with Gasteiger partial charge < -0.3 is 20.2 Å². The quantitative estimate of drug-likeness (QED) is 0.780. The maximum Gasteiger partial charge on any atom is 0.318 e. The van der Waals surface area contributed by atoms with Crippen LogP contribution >= 0.6 is 0 Å². The SMILES string of the molecule is CC(NC(=O)N1CCCC(CC(=O)O)C1)C(=O)N(C)C. The highest BCUT2D eigenvalue weighted by Crippen LogP contribution is 2.19. The number of carbonyl (C=O) groups excluding carboxylic acids is 2. The van der Waals surface area contributed by atoms with E-state index in [0.717, 1.165) is 12.8 Å². The van der Waals surface area contributed by atoms with Crippen molar-refractivity contribution in [2.24, 2.45) is 5.92 Å². The maximum atomic E-state index is 12.1. The first-order valence-corrected chi connectivity index (χ1v) is 6.79. The van der Waals surface area contributed by atoms with Crippen LogP contribution in [0.3, 0.4) is 0 Å². The molecule has 1 heterocycles. The second kappa shape index (κ2) is 7.12. The average molecular weight is 285 g/mol. The van der Waals surface area contributed by atoms with Gasteiger partial charge in [-0.15, -0.1) is 0 Å². The van der Waals surface area contributed by atoms with Crippen molar-refractivity contribution >= 4 is 17.9 Å². The summed E-state index contributed by atoms with van der Waals surface area (Å²) >= 11 is 0. The molecule has 0 aromatic heterocycles. The maximum absolute atomic E-state index is 12.1. The number of likely N-dealkylation sites (tertiary alicyclic amines) is 1. The van der Waals surface area contributed by atoms with Crippen LogP contribution in [0.25, 0.3) is 0 Å². The van der Waals surface area contributed by atoms with Gasteiger partial charge in [0, 0.05) is 33.6 Å². The van der Waals surface area contributed by atoms with Gasteiger partial charge in [-0.1, -0.05) is 0 Å². The molecule has 2 atom stereocenters. The first-order valence-electron chi connectivity index (χ1n) is 6.79. The molecule has 0 aromatic carbocycles. The van der Waals surface area contributed by atoms with Crippen molar-refractivity contribution in [3.8, 4) is 0 Å². The largest absolute Gasteiger partial charge is 0.481 e. The van der Waals surface area contributed by atoms with Crippen LogP contribution in [0.4, 0.5) is 4.79 Å². The number of hydrogen-bond acceptors (Lipinski definition) is 3. The van der Waals surface area contributed by atoms with Crippen molar-refractivity contribution in [3.63, 3.8) is 0 Å². The Morgan fingerprint density at radius 1 is 1.40 bits per heavy atom. The Bertz CT molecular complexity index is 384. The molecule has 0 bridgehead atoms. The third kappa shape index (κ3) is 4.71. The van der Waals surface area contributed by atoms with E-state index in [-0.39, 0.29) is 24.3 Å². The molecular formula is C13H23N3O4. The number of carboxylic acids is 1. The molecule has 1 fully saturated rings. The first-order chi connectivity index (χ1) is 9.31. The number of hydrogen-bond donors (Lipinski definition) is 2. The number of likely N-dealkylation sites (N-methyl/N-ethyl adjacent to an activating group) is 1. The smallest absolute Gasteiger partial charge is 0.318 e. The van der Waals surface area contributed by atoms with Gasteiger partial charge in [0.15, 0.2) is 0 Å². The van der Waals surface area contributed by atoms with Gasteiger partial charge in [-0.05, 0) is 25.7 Å². The number of carboxylic acid groups (broad SMARTS) is 1. The monoisotopic (exact) mass is 285 g/mol. The molecule has 0 aromatic rings. The van der Waals surface area contributed by atoms with Crippen LogP contribution in [0.15, 0.2) is 0 Å². The Morgan fingerprint density at radius 3 is 2.60 bits per heavy atom. The van der Waals surface area contributed by atoms with Crippen LogP contribution in [0, 0.1) is 5.92 Å². The number of urea groups is 1. The fraction of sp³-hybridized carbons (Fsp3) is 0.769. The predicted octanol–water partition coefficient (Wildman–Crippen LogP) is 0.359.